The SMILES string of the molecule is C[C@H](NCCCN=C(N)N)c1ccc(-n2cc3cc(-c4cc(CCCC(C)(C)N)cc(OC(F)(F)F)c4)[nH]c3nc2=O)cc1. The molecule has 0 aliphatic carbocycles. The maximum absolute atomic E-state index is 13.1. The molecule has 2 aromatic heterocycles. The molecule has 0 aliphatic rings. The highest BCUT2D eigenvalue weighted by atomic mass is 19.4. The Morgan fingerprint density at radius 3 is 2.50 bits per heavy atom. The first-order valence-corrected chi connectivity index (χ1v) is 14.4. The lowest BCUT2D eigenvalue weighted by Gasteiger charge is -2.18. The number of aromatic amines is 1. The van der Waals surface area contributed by atoms with E-state index in [1.54, 1.807) is 18.3 Å². The lowest BCUT2D eigenvalue weighted by Crippen LogP contribution is -2.31. The average molecular weight is 613 g/mol. The van der Waals surface area contributed by atoms with Crippen molar-refractivity contribution in [2.45, 2.75) is 64.4 Å². The van der Waals surface area contributed by atoms with Crippen LogP contribution < -0.4 is 32.9 Å². The first kappa shape index (κ1) is 32.6. The minimum atomic E-state index is -4.84. The van der Waals surface area contributed by atoms with Crippen molar-refractivity contribution in [3.63, 3.8) is 0 Å². The number of hydrogen-bond donors (Lipinski definition) is 5. The third-order valence-corrected chi connectivity index (χ3v) is 7.06. The molecule has 0 saturated heterocycles. The number of aryl methyl sites for hydroxylation is 1. The van der Waals surface area contributed by atoms with Gasteiger partial charge < -0.3 is 32.2 Å². The van der Waals surface area contributed by atoms with Crippen molar-refractivity contribution in [1.29, 1.82) is 0 Å². The van der Waals surface area contributed by atoms with Crippen LogP contribution in [0.5, 0.6) is 5.75 Å². The topological polar surface area (TPSA) is 162 Å². The third kappa shape index (κ3) is 9.32. The fourth-order valence-electron chi connectivity index (χ4n) is 4.88. The Morgan fingerprint density at radius 1 is 1.11 bits per heavy atom. The molecule has 2 heterocycles. The van der Waals surface area contributed by atoms with E-state index in [4.69, 9.17) is 17.2 Å². The molecule has 44 heavy (non-hydrogen) atoms. The molecule has 0 radical (unpaired) electrons. The van der Waals surface area contributed by atoms with Crippen LogP contribution in [0.25, 0.3) is 28.0 Å². The fourth-order valence-corrected chi connectivity index (χ4v) is 4.88. The van der Waals surface area contributed by atoms with Gasteiger partial charge in [0.1, 0.15) is 11.4 Å². The second-order valence-corrected chi connectivity index (χ2v) is 11.6. The van der Waals surface area contributed by atoms with E-state index in [0.29, 0.717) is 59.3 Å². The normalized spacial score (nSPS) is 12.8. The monoisotopic (exact) mass is 612 g/mol. The number of aromatic nitrogens is 3. The fraction of sp³-hybridized carbons (Fsp3) is 0.387. The molecular formula is C31H39F3N8O2. The highest BCUT2D eigenvalue weighted by molar-refractivity contribution is 5.83. The summed E-state index contributed by atoms with van der Waals surface area (Å²) >= 11 is 0. The summed E-state index contributed by atoms with van der Waals surface area (Å²) in [6.45, 7) is 7.12. The molecule has 236 valence electrons. The lowest BCUT2D eigenvalue weighted by molar-refractivity contribution is -0.274. The summed E-state index contributed by atoms with van der Waals surface area (Å²) in [7, 11) is 0. The molecule has 4 rings (SSSR count). The maximum atomic E-state index is 13.1. The van der Waals surface area contributed by atoms with E-state index in [1.807, 2.05) is 45.0 Å². The van der Waals surface area contributed by atoms with E-state index in [0.717, 1.165) is 18.5 Å². The summed E-state index contributed by atoms with van der Waals surface area (Å²) in [5.74, 6) is -0.245. The van der Waals surface area contributed by atoms with Gasteiger partial charge in [-0.3, -0.25) is 9.56 Å². The molecule has 13 heteroatoms. The molecule has 0 unspecified atom stereocenters. The van der Waals surface area contributed by atoms with Crippen molar-refractivity contribution < 1.29 is 17.9 Å². The average Bonchev–Trinajstić information content (AvgIpc) is 3.33. The number of nitrogens with two attached hydrogens (primary N) is 3. The van der Waals surface area contributed by atoms with E-state index < -0.39 is 12.1 Å². The van der Waals surface area contributed by atoms with Crippen LogP contribution >= 0.6 is 0 Å². The number of halogens is 3. The van der Waals surface area contributed by atoms with E-state index in [9.17, 15) is 18.0 Å². The molecule has 0 spiro atoms. The van der Waals surface area contributed by atoms with Crippen molar-refractivity contribution in [3.8, 4) is 22.7 Å². The van der Waals surface area contributed by atoms with Crippen molar-refractivity contribution >= 4 is 17.0 Å². The van der Waals surface area contributed by atoms with Gasteiger partial charge in [-0.2, -0.15) is 4.98 Å². The number of ether oxygens (including phenoxy) is 1. The zero-order valence-corrected chi connectivity index (χ0v) is 25.0. The minimum absolute atomic E-state index is 0.0663. The molecule has 0 bridgehead atoms. The Kier molecular flexibility index (Phi) is 10.00. The van der Waals surface area contributed by atoms with E-state index in [1.165, 1.54) is 16.7 Å². The highest BCUT2D eigenvalue weighted by Gasteiger charge is 2.31. The van der Waals surface area contributed by atoms with Gasteiger partial charge in [0, 0.05) is 41.0 Å². The van der Waals surface area contributed by atoms with Gasteiger partial charge in [0.2, 0.25) is 0 Å². The molecule has 10 nitrogen and oxygen atoms in total. The van der Waals surface area contributed by atoms with Crippen molar-refractivity contribution in [2.75, 3.05) is 13.1 Å². The molecule has 8 N–H and O–H groups in total. The Morgan fingerprint density at radius 2 is 1.84 bits per heavy atom. The summed E-state index contributed by atoms with van der Waals surface area (Å²) in [6, 6.07) is 13.9. The number of benzene rings is 2. The van der Waals surface area contributed by atoms with Gasteiger partial charge in [-0.25, -0.2) is 4.79 Å². The Bertz CT molecular complexity index is 1650. The quantitative estimate of drug-likeness (QED) is 0.0834. The number of rotatable bonds is 13. The summed E-state index contributed by atoms with van der Waals surface area (Å²) in [6.07, 6.45) is -0.475. The molecule has 4 aromatic rings. The third-order valence-electron chi connectivity index (χ3n) is 7.06. The van der Waals surface area contributed by atoms with Gasteiger partial charge >= 0.3 is 12.1 Å². The Balaban J connectivity index is 1.56. The van der Waals surface area contributed by atoms with Crippen LogP contribution in [-0.2, 0) is 6.42 Å². The minimum Gasteiger partial charge on any atom is -0.406 e. The van der Waals surface area contributed by atoms with Crippen LogP contribution in [0.4, 0.5) is 13.2 Å². The number of alkyl halides is 3. The molecular weight excluding hydrogens is 573 g/mol. The van der Waals surface area contributed by atoms with Gasteiger partial charge in [-0.1, -0.05) is 12.1 Å². The van der Waals surface area contributed by atoms with Gasteiger partial charge in [0.15, 0.2) is 5.96 Å². The van der Waals surface area contributed by atoms with Gasteiger partial charge in [-0.05, 0) is 101 Å². The highest BCUT2D eigenvalue weighted by Crippen LogP contribution is 2.32. The number of nitrogens with one attached hydrogen (secondary N) is 2. The largest absolute Gasteiger partial charge is 0.573 e. The van der Waals surface area contributed by atoms with Crippen LogP contribution in [0.3, 0.4) is 0 Å². The van der Waals surface area contributed by atoms with Crippen molar-refractivity contribution in [3.05, 3.63) is 76.3 Å². The summed E-state index contributed by atoms with van der Waals surface area (Å²) in [4.78, 5) is 24.2. The van der Waals surface area contributed by atoms with Crippen LogP contribution in [0.15, 0.2) is 64.5 Å². The number of guanidine groups is 1. The van der Waals surface area contributed by atoms with Crippen LogP contribution in [0.2, 0.25) is 0 Å². The molecule has 0 aliphatic heterocycles. The number of H-pyrrole nitrogens is 1. The van der Waals surface area contributed by atoms with Gasteiger partial charge in [0.05, 0.1) is 5.69 Å². The van der Waals surface area contributed by atoms with Gasteiger partial charge in [-0.15, -0.1) is 13.2 Å². The second kappa shape index (κ2) is 13.5. The lowest BCUT2D eigenvalue weighted by atomic mass is 9.96. The molecule has 0 amide bonds. The predicted octanol–water partition coefficient (Wildman–Crippen LogP) is 4.65. The number of hydrogen-bond acceptors (Lipinski definition) is 6. The molecule has 0 fully saturated rings. The van der Waals surface area contributed by atoms with Gasteiger partial charge in [0.25, 0.3) is 0 Å². The molecule has 0 saturated carbocycles. The maximum Gasteiger partial charge on any atom is 0.573 e. The number of nitrogens with zero attached hydrogens (tertiary/aromatic N) is 3. The van der Waals surface area contributed by atoms with Crippen LogP contribution in [0.1, 0.15) is 57.2 Å². The standard InChI is InChI=1S/C31H39F3N8O2/c1-19(38-12-5-13-39-28(35)36)21-7-9-24(10-8-21)42-18-23-17-26(40-27(23)41-29(42)43)22-14-20(6-4-11-30(2,3)37)15-25(16-22)44-31(32,33)34/h7-10,14-19,38H,4-6,11-13,37H2,1-3H3,(H4,35,36,39)(H,40,41,43)/t19-/m0/s1. The zero-order valence-electron chi connectivity index (χ0n) is 25.0. The van der Waals surface area contributed by atoms with E-state index in [-0.39, 0.29) is 23.3 Å². The number of aliphatic imine (C=N–C) groups is 1. The first-order valence-electron chi connectivity index (χ1n) is 14.4. The summed E-state index contributed by atoms with van der Waals surface area (Å²) in [5.41, 5.74) is 19.5. The van der Waals surface area contributed by atoms with Crippen LogP contribution in [-0.4, -0.2) is 45.5 Å². The van der Waals surface area contributed by atoms with Crippen LogP contribution in [0, 0.1) is 0 Å². The Labute approximate surface area is 253 Å². The first-order chi connectivity index (χ1) is 20.7. The second-order valence-electron chi connectivity index (χ2n) is 11.6. The summed E-state index contributed by atoms with van der Waals surface area (Å²) in [5, 5.41) is 4.03. The zero-order chi connectivity index (χ0) is 32.1. The van der Waals surface area contributed by atoms with Crippen molar-refractivity contribution in [1.82, 2.24) is 19.9 Å². The summed E-state index contributed by atoms with van der Waals surface area (Å²) < 4.78 is 45.0. The van der Waals surface area contributed by atoms with E-state index >= 15 is 0 Å². The smallest absolute Gasteiger partial charge is 0.406 e. The molecule has 2 aromatic carbocycles. The van der Waals surface area contributed by atoms with Crippen molar-refractivity contribution in [2.24, 2.45) is 22.2 Å². The predicted molar refractivity (Wildman–Crippen MR) is 167 cm³/mol. The Hall–Kier alpha value is -4.36. The van der Waals surface area contributed by atoms with E-state index in [2.05, 4.69) is 25.0 Å². The molecule has 1 atom stereocenters. The number of fused-ring (bicyclic) bond motifs is 1.